The van der Waals surface area contributed by atoms with Crippen molar-refractivity contribution in [2.24, 2.45) is 0 Å². The summed E-state index contributed by atoms with van der Waals surface area (Å²) >= 11 is 3.29. The molecule has 106 valence electrons. The fourth-order valence-corrected chi connectivity index (χ4v) is 2.84. The average molecular weight is 346 g/mol. The van der Waals surface area contributed by atoms with Crippen LogP contribution < -0.4 is 5.73 Å². The highest BCUT2D eigenvalue weighted by molar-refractivity contribution is 9.10. The van der Waals surface area contributed by atoms with E-state index in [0.29, 0.717) is 21.5 Å². The summed E-state index contributed by atoms with van der Waals surface area (Å²) in [7, 11) is 0. The highest BCUT2D eigenvalue weighted by atomic mass is 79.9. The second-order valence-corrected chi connectivity index (χ2v) is 5.57. The quantitative estimate of drug-likeness (QED) is 0.716. The Morgan fingerprint density at radius 3 is 2.57 bits per heavy atom. The maximum absolute atomic E-state index is 13.8. The number of hydrogen-bond donors (Lipinski definition) is 2. The Morgan fingerprint density at radius 1 is 1.10 bits per heavy atom. The van der Waals surface area contributed by atoms with E-state index < -0.39 is 0 Å². The molecule has 0 saturated heterocycles. The second-order valence-electron chi connectivity index (χ2n) is 4.78. The fraction of sp³-hybridized carbons (Fsp3) is 0.0625. The number of nitrogen functional groups attached to an aromatic ring is 1. The number of aromatic nitrogens is 2. The molecule has 0 unspecified atom stereocenters. The van der Waals surface area contributed by atoms with Crippen LogP contribution in [0.25, 0.3) is 22.4 Å². The van der Waals surface area contributed by atoms with Crippen LogP contribution in [0, 0.1) is 12.7 Å². The molecule has 1 heterocycles. The number of anilines is 1. The van der Waals surface area contributed by atoms with Crippen molar-refractivity contribution < 1.29 is 4.39 Å². The molecule has 5 heteroatoms. The van der Waals surface area contributed by atoms with Crippen molar-refractivity contribution in [2.75, 3.05) is 5.73 Å². The average Bonchev–Trinajstić information content (AvgIpc) is 2.84. The van der Waals surface area contributed by atoms with Gasteiger partial charge < -0.3 is 5.73 Å². The van der Waals surface area contributed by atoms with Crippen LogP contribution in [0.3, 0.4) is 0 Å². The van der Waals surface area contributed by atoms with Crippen LogP contribution in [-0.2, 0) is 0 Å². The van der Waals surface area contributed by atoms with Crippen molar-refractivity contribution in [2.45, 2.75) is 6.92 Å². The zero-order valence-corrected chi connectivity index (χ0v) is 12.9. The van der Waals surface area contributed by atoms with E-state index in [1.54, 1.807) is 6.07 Å². The third-order valence-corrected chi connectivity index (χ3v) is 4.24. The molecule has 0 amide bonds. The summed E-state index contributed by atoms with van der Waals surface area (Å²) in [5.41, 5.74) is 10.3. The molecule has 3 N–H and O–H groups in total. The van der Waals surface area contributed by atoms with Crippen LogP contribution >= 0.6 is 15.9 Å². The summed E-state index contributed by atoms with van der Waals surface area (Å²) < 4.78 is 14.2. The molecule has 0 saturated carbocycles. The Labute approximate surface area is 130 Å². The van der Waals surface area contributed by atoms with E-state index in [2.05, 4.69) is 26.1 Å². The zero-order valence-electron chi connectivity index (χ0n) is 11.3. The first kappa shape index (κ1) is 13.8. The molecule has 0 aliphatic heterocycles. The van der Waals surface area contributed by atoms with Gasteiger partial charge in [-0.3, -0.25) is 5.10 Å². The molecule has 0 atom stereocenters. The van der Waals surface area contributed by atoms with Crippen LogP contribution in [-0.4, -0.2) is 10.2 Å². The first-order valence-corrected chi connectivity index (χ1v) is 7.23. The highest BCUT2D eigenvalue weighted by Gasteiger charge is 2.19. The van der Waals surface area contributed by atoms with Gasteiger partial charge in [-0.15, -0.1) is 0 Å². The van der Waals surface area contributed by atoms with E-state index in [1.807, 2.05) is 37.3 Å². The molecule has 0 radical (unpaired) electrons. The summed E-state index contributed by atoms with van der Waals surface area (Å²) in [6.07, 6.45) is 0. The minimum absolute atomic E-state index is 0.323. The van der Waals surface area contributed by atoms with Crippen LogP contribution in [0.1, 0.15) is 5.56 Å². The summed E-state index contributed by atoms with van der Waals surface area (Å²) in [5, 5.41) is 7.00. The van der Waals surface area contributed by atoms with Crippen LogP contribution in [0.2, 0.25) is 0 Å². The van der Waals surface area contributed by atoms with Crippen molar-refractivity contribution >= 4 is 21.7 Å². The lowest BCUT2D eigenvalue weighted by Crippen LogP contribution is -1.92. The highest BCUT2D eigenvalue weighted by Crippen LogP contribution is 2.39. The summed E-state index contributed by atoms with van der Waals surface area (Å²) in [6, 6.07) is 12.8. The van der Waals surface area contributed by atoms with E-state index >= 15 is 0 Å². The first-order chi connectivity index (χ1) is 10.1. The molecular formula is C16H13BrFN3. The molecule has 3 aromatic rings. The lowest BCUT2D eigenvalue weighted by Gasteiger charge is -2.09. The topological polar surface area (TPSA) is 54.7 Å². The second kappa shape index (κ2) is 5.33. The molecule has 3 rings (SSSR count). The van der Waals surface area contributed by atoms with E-state index in [9.17, 15) is 4.39 Å². The molecule has 3 nitrogen and oxygen atoms in total. The van der Waals surface area contributed by atoms with E-state index in [-0.39, 0.29) is 5.82 Å². The minimum Gasteiger partial charge on any atom is -0.382 e. The molecule has 0 spiro atoms. The molecule has 0 aliphatic carbocycles. The number of benzene rings is 2. The largest absolute Gasteiger partial charge is 0.382 e. The monoisotopic (exact) mass is 345 g/mol. The Balaban J connectivity index is 2.28. The standard InChI is InChI=1S/C16H13BrFN3/c1-9-5-2-3-6-10(9)13-15(20-21-16(13)19)11-7-4-8-12(18)14(11)17/h2-8H,1H3,(H3,19,20,21). The van der Waals surface area contributed by atoms with Crippen molar-refractivity contribution in [1.29, 1.82) is 0 Å². The zero-order chi connectivity index (χ0) is 15.0. The summed E-state index contributed by atoms with van der Waals surface area (Å²) in [5.74, 6) is 0.0758. The molecule has 1 aromatic heterocycles. The van der Waals surface area contributed by atoms with E-state index in [4.69, 9.17) is 5.73 Å². The number of halogens is 2. The van der Waals surface area contributed by atoms with Gasteiger partial charge >= 0.3 is 0 Å². The third kappa shape index (κ3) is 2.34. The summed E-state index contributed by atoms with van der Waals surface area (Å²) in [4.78, 5) is 0. The maximum Gasteiger partial charge on any atom is 0.153 e. The fourth-order valence-electron chi connectivity index (χ4n) is 2.37. The number of nitrogens with two attached hydrogens (primary N) is 1. The smallest absolute Gasteiger partial charge is 0.153 e. The van der Waals surface area contributed by atoms with Crippen molar-refractivity contribution in [1.82, 2.24) is 10.2 Å². The van der Waals surface area contributed by atoms with Gasteiger partial charge in [-0.1, -0.05) is 36.4 Å². The van der Waals surface area contributed by atoms with E-state index in [1.165, 1.54) is 6.07 Å². The minimum atomic E-state index is -0.323. The number of nitrogens with one attached hydrogen (secondary N) is 1. The normalized spacial score (nSPS) is 10.8. The van der Waals surface area contributed by atoms with Crippen LogP contribution in [0.15, 0.2) is 46.9 Å². The number of aromatic amines is 1. The molecule has 2 aromatic carbocycles. The SMILES string of the molecule is Cc1ccccc1-c1c(N)n[nH]c1-c1cccc(F)c1Br. The number of nitrogens with zero attached hydrogens (tertiary/aromatic N) is 1. The number of H-pyrrole nitrogens is 1. The lowest BCUT2D eigenvalue weighted by molar-refractivity contribution is 0.621. The Hall–Kier alpha value is -2.14. The third-order valence-electron chi connectivity index (χ3n) is 3.43. The maximum atomic E-state index is 13.8. The van der Waals surface area contributed by atoms with Gasteiger partial charge in [0.1, 0.15) is 5.82 Å². The predicted molar refractivity (Wildman–Crippen MR) is 86.3 cm³/mol. The van der Waals surface area contributed by atoms with Crippen LogP contribution in [0.5, 0.6) is 0 Å². The Morgan fingerprint density at radius 2 is 1.81 bits per heavy atom. The number of aryl methyl sites for hydroxylation is 1. The van der Waals surface area contributed by atoms with Crippen molar-refractivity contribution in [3.8, 4) is 22.4 Å². The van der Waals surface area contributed by atoms with E-state index in [0.717, 1.165) is 16.7 Å². The number of hydrogen-bond acceptors (Lipinski definition) is 2. The van der Waals surface area contributed by atoms with Gasteiger partial charge in [0.25, 0.3) is 0 Å². The molecule has 21 heavy (non-hydrogen) atoms. The van der Waals surface area contributed by atoms with Gasteiger partial charge in [-0.25, -0.2) is 4.39 Å². The van der Waals surface area contributed by atoms with Crippen molar-refractivity contribution in [3.63, 3.8) is 0 Å². The predicted octanol–water partition coefficient (Wildman–Crippen LogP) is 4.54. The molecule has 0 aliphatic rings. The van der Waals surface area contributed by atoms with Crippen LogP contribution in [0.4, 0.5) is 10.2 Å². The van der Waals surface area contributed by atoms with Crippen molar-refractivity contribution in [3.05, 3.63) is 58.3 Å². The first-order valence-electron chi connectivity index (χ1n) is 6.44. The molecule has 0 bridgehead atoms. The molecular weight excluding hydrogens is 333 g/mol. The Bertz CT molecular complexity index is 811. The van der Waals surface area contributed by atoms with Gasteiger partial charge in [0.2, 0.25) is 0 Å². The molecule has 0 fully saturated rings. The van der Waals surface area contributed by atoms with Gasteiger partial charge in [-0.05, 0) is 40.0 Å². The summed E-state index contributed by atoms with van der Waals surface area (Å²) in [6.45, 7) is 2.01. The Kier molecular flexibility index (Phi) is 3.51. The van der Waals surface area contributed by atoms with Gasteiger partial charge in [0.15, 0.2) is 5.82 Å². The lowest BCUT2D eigenvalue weighted by atomic mass is 9.97. The number of rotatable bonds is 2. The van der Waals surface area contributed by atoms with Gasteiger partial charge in [0.05, 0.1) is 15.7 Å². The van der Waals surface area contributed by atoms with Gasteiger partial charge in [0, 0.05) is 5.56 Å². The van der Waals surface area contributed by atoms with Gasteiger partial charge in [-0.2, -0.15) is 5.10 Å².